The number of hydrogen-bond acceptors (Lipinski definition) is 2. The van der Waals surface area contributed by atoms with Crippen LogP contribution in [0.3, 0.4) is 0 Å². The maximum atomic E-state index is 12.3. The van der Waals surface area contributed by atoms with Gasteiger partial charge in [0.15, 0.2) is 5.82 Å². The second-order valence-electron chi connectivity index (χ2n) is 3.78. The molecule has 0 bridgehead atoms. The van der Waals surface area contributed by atoms with E-state index in [2.05, 4.69) is 34.5 Å². The van der Waals surface area contributed by atoms with Crippen LogP contribution < -0.4 is 0 Å². The second kappa shape index (κ2) is 5.44. The first-order chi connectivity index (χ1) is 8.22. The number of ketones is 1. The smallest absolute Gasteiger partial charge is 0.228 e. The van der Waals surface area contributed by atoms with E-state index in [-0.39, 0.29) is 5.78 Å². The molecule has 1 heterocycles. The van der Waals surface area contributed by atoms with E-state index in [4.69, 9.17) is 0 Å². The van der Waals surface area contributed by atoms with Gasteiger partial charge in [-0.3, -0.25) is 4.79 Å². The summed E-state index contributed by atoms with van der Waals surface area (Å²) in [6.07, 6.45) is 4.52. The van der Waals surface area contributed by atoms with Gasteiger partial charge in [0.25, 0.3) is 0 Å². The highest BCUT2D eigenvalue weighted by molar-refractivity contribution is 14.1. The number of nitrogens with zero attached hydrogens (tertiary/aromatic N) is 2. The number of imidazole rings is 1. The van der Waals surface area contributed by atoms with E-state index < -0.39 is 0 Å². The van der Waals surface area contributed by atoms with Crippen molar-refractivity contribution in [1.29, 1.82) is 0 Å². The second-order valence-corrected chi connectivity index (χ2v) is 5.03. The standard InChI is InChI=1S/C13H13IN2O/c1-2-7-16-8-6-15-13(16)12(17)10-4-3-5-11(14)9-10/h3-6,8-9H,2,7H2,1H3. The quantitative estimate of drug-likeness (QED) is 0.633. The van der Waals surface area contributed by atoms with Crippen LogP contribution in [0.1, 0.15) is 29.5 Å². The Morgan fingerprint density at radius 2 is 2.29 bits per heavy atom. The molecule has 0 saturated heterocycles. The van der Waals surface area contributed by atoms with Gasteiger partial charge in [0.2, 0.25) is 5.78 Å². The van der Waals surface area contributed by atoms with Crippen LogP contribution >= 0.6 is 22.6 Å². The predicted octanol–water partition coefficient (Wildman–Crippen LogP) is 3.13. The van der Waals surface area contributed by atoms with Crippen molar-refractivity contribution in [2.24, 2.45) is 0 Å². The van der Waals surface area contributed by atoms with Crippen molar-refractivity contribution >= 4 is 28.4 Å². The molecular formula is C13H13IN2O. The molecule has 0 spiro atoms. The highest BCUT2D eigenvalue weighted by atomic mass is 127. The minimum absolute atomic E-state index is 0.0121. The van der Waals surface area contributed by atoms with Crippen molar-refractivity contribution in [2.45, 2.75) is 19.9 Å². The van der Waals surface area contributed by atoms with Crippen molar-refractivity contribution in [2.75, 3.05) is 0 Å². The fraction of sp³-hybridized carbons (Fsp3) is 0.231. The molecule has 0 aliphatic carbocycles. The van der Waals surface area contributed by atoms with Gasteiger partial charge < -0.3 is 4.57 Å². The minimum Gasteiger partial charge on any atom is -0.328 e. The summed E-state index contributed by atoms with van der Waals surface area (Å²) in [4.78, 5) is 16.4. The van der Waals surface area contributed by atoms with Gasteiger partial charge in [-0.15, -0.1) is 0 Å². The van der Waals surface area contributed by atoms with E-state index in [9.17, 15) is 4.79 Å². The third-order valence-electron chi connectivity index (χ3n) is 2.47. The summed E-state index contributed by atoms with van der Waals surface area (Å²) in [5, 5.41) is 0. The molecule has 3 nitrogen and oxygen atoms in total. The molecule has 0 saturated carbocycles. The molecule has 0 unspecified atom stereocenters. The number of halogens is 1. The number of aryl methyl sites for hydroxylation is 1. The van der Waals surface area contributed by atoms with E-state index in [1.54, 1.807) is 6.20 Å². The lowest BCUT2D eigenvalue weighted by molar-refractivity contribution is 0.102. The monoisotopic (exact) mass is 340 g/mol. The highest BCUT2D eigenvalue weighted by Gasteiger charge is 2.14. The van der Waals surface area contributed by atoms with Crippen molar-refractivity contribution in [3.8, 4) is 0 Å². The van der Waals surface area contributed by atoms with E-state index in [1.165, 1.54) is 0 Å². The summed E-state index contributed by atoms with van der Waals surface area (Å²) in [6.45, 7) is 2.91. The molecule has 0 amide bonds. The zero-order chi connectivity index (χ0) is 12.3. The van der Waals surface area contributed by atoms with Crippen LogP contribution in [0.5, 0.6) is 0 Å². The van der Waals surface area contributed by atoms with Gasteiger partial charge >= 0.3 is 0 Å². The Kier molecular flexibility index (Phi) is 3.93. The maximum absolute atomic E-state index is 12.3. The molecule has 1 aromatic carbocycles. The molecule has 17 heavy (non-hydrogen) atoms. The van der Waals surface area contributed by atoms with Crippen LogP contribution in [-0.4, -0.2) is 15.3 Å². The molecule has 0 aliphatic rings. The third-order valence-corrected chi connectivity index (χ3v) is 3.14. The Bertz CT molecular complexity index is 534. The first kappa shape index (κ1) is 12.3. The lowest BCUT2D eigenvalue weighted by Crippen LogP contribution is -2.11. The van der Waals surface area contributed by atoms with Crippen LogP contribution in [-0.2, 0) is 6.54 Å². The molecule has 88 valence electrons. The fourth-order valence-electron chi connectivity index (χ4n) is 1.70. The summed E-state index contributed by atoms with van der Waals surface area (Å²) in [6, 6.07) is 7.57. The van der Waals surface area contributed by atoms with Gasteiger partial charge in [-0.2, -0.15) is 0 Å². The zero-order valence-corrected chi connectivity index (χ0v) is 11.7. The number of hydrogen-bond donors (Lipinski definition) is 0. The highest BCUT2D eigenvalue weighted by Crippen LogP contribution is 2.12. The number of carbonyl (C=O) groups is 1. The van der Waals surface area contributed by atoms with Crippen molar-refractivity contribution in [1.82, 2.24) is 9.55 Å². The van der Waals surface area contributed by atoms with Gasteiger partial charge in [-0.25, -0.2) is 4.98 Å². The fourth-order valence-corrected chi connectivity index (χ4v) is 2.24. The van der Waals surface area contributed by atoms with Crippen LogP contribution in [0, 0.1) is 3.57 Å². The van der Waals surface area contributed by atoms with Crippen LogP contribution in [0.4, 0.5) is 0 Å². The predicted molar refractivity (Wildman–Crippen MR) is 75.1 cm³/mol. The number of rotatable bonds is 4. The van der Waals surface area contributed by atoms with Gasteiger partial charge in [0, 0.05) is 28.1 Å². The summed E-state index contributed by atoms with van der Waals surface area (Å²) in [7, 11) is 0. The molecule has 1 aromatic heterocycles. The Morgan fingerprint density at radius 1 is 1.47 bits per heavy atom. The number of benzene rings is 1. The van der Waals surface area contributed by atoms with E-state index in [1.807, 2.05) is 35.0 Å². The molecule has 2 aromatic rings. The number of carbonyl (C=O) groups excluding carboxylic acids is 1. The lowest BCUT2D eigenvalue weighted by Gasteiger charge is -2.05. The molecule has 0 fully saturated rings. The molecular weight excluding hydrogens is 327 g/mol. The molecule has 2 rings (SSSR count). The van der Waals surface area contributed by atoms with Gasteiger partial charge in [0.05, 0.1) is 0 Å². The SMILES string of the molecule is CCCn1ccnc1C(=O)c1cccc(I)c1. The molecule has 0 N–H and O–H groups in total. The Morgan fingerprint density at radius 3 is 3.00 bits per heavy atom. The van der Waals surface area contributed by atoms with Crippen molar-refractivity contribution < 1.29 is 4.79 Å². The van der Waals surface area contributed by atoms with E-state index in [0.717, 1.165) is 16.5 Å². The minimum atomic E-state index is -0.0121. The van der Waals surface area contributed by atoms with Crippen molar-refractivity contribution in [3.63, 3.8) is 0 Å². The molecule has 4 heteroatoms. The van der Waals surface area contributed by atoms with Crippen LogP contribution in [0.2, 0.25) is 0 Å². The van der Waals surface area contributed by atoms with Crippen LogP contribution in [0.25, 0.3) is 0 Å². The van der Waals surface area contributed by atoms with E-state index >= 15 is 0 Å². The topological polar surface area (TPSA) is 34.9 Å². The summed E-state index contributed by atoms with van der Waals surface area (Å²) >= 11 is 2.20. The third kappa shape index (κ3) is 2.74. The summed E-state index contributed by atoms with van der Waals surface area (Å²) in [5.74, 6) is 0.510. The molecule has 0 atom stereocenters. The zero-order valence-electron chi connectivity index (χ0n) is 9.56. The van der Waals surface area contributed by atoms with Crippen molar-refractivity contribution in [3.05, 3.63) is 51.6 Å². The first-order valence-corrected chi connectivity index (χ1v) is 6.61. The first-order valence-electron chi connectivity index (χ1n) is 5.53. The average molecular weight is 340 g/mol. The van der Waals surface area contributed by atoms with E-state index in [0.29, 0.717) is 11.4 Å². The largest absolute Gasteiger partial charge is 0.328 e. The van der Waals surface area contributed by atoms with Gasteiger partial charge in [-0.1, -0.05) is 19.1 Å². The average Bonchev–Trinajstić information content (AvgIpc) is 2.77. The van der Waals surface area contributed by atoms with Crippen LogP contribution in [0.15, 0.2) is 36.7 Å². The normalized spacial score (nSPS) is 10.5. The van der Waals surface area contributed by atoms with Gasteiger partial charge in [-0.05, 0) is 41.1 Å². The lowest BCUT2D eigenvalue weighted by atomic mass is 10.1. The Labute approximate surface area is 114 Å². The Balaban J connectivity index is 2.33. The number of aromatic nitrogens is 2. The van der Waals surface area contributed by atoms with Gasteiger partial charge in [0.1, 0.15) is 0 Å². The molecule has 0 aliphatic heterocycles. The summed E-state index contributed by atoms with van der Waals surface area (Å²) < 4.78 is 2.96. The summed E-state index contributed by atoms with van der Waals surface area (Å²) in [5.41, 5.74) is 0.695. The Hall–Kier alpha value is -1.17. The maximum Gasteiger partial charge on any atom is 0.228 e. The molecule has 0 radical (unpaired) electrons.